The molecule has 1 heterocycles. The molecule has 0 aliphatic rings. The van der Waals surface area contributed by atoms with Crippen LogP contribution in [0.5, 0.6) is 0 Å². The fraction of sp³-hybridized carbons (Fsp3) is 0.200. The monoisotopic (exact) mass is 301 g/mol. The second kappa shape index (κ2) is 6.33. The number of benzene rings is 1. The first-order valence-corrected chi connectivity index (χ1v) is 6.62. The number of carbonyl (C=O) groups is 1. The Bertz CT molecular complexity index is 712. The highest BCUT2D eigenvalue weighted by Crippen LogP contribution is 2.31. The third-order valence-electron chi connectivity index (χ3n) is 3.23. The molecule has 106 valence electrons. The number of hydrogen-bond donors (Lipinski definition) is 1. The van der Waals surface area contributed by atoms with Crippen LogP contribution in [0.4, 0.5) is 0 Å². The number of carboxylic acid groups (broad SMARTS) is 1. The maximum atomic E-state index is 11.4. The van der Waals surface area contributed by atoms with E-state index in [2.05, 4.69) is 9.97 Å². The standard InChI is InChI=1S/C15H12ClN3O2/c1-9(14(20)21)13(12-5-6-18-15(16)19-12)11-4-2-3-10(7-11)8-17/h2-7,9,13H,1H3,(H,20,21). The van der Waals surface area contributed by atoms with E-state index in [1.54, 1.807) is 37.3 Å². The molecule has 0 fully saturated rings. The molecule has 0 radical (unpaired) electrons. The van der Waals surface area contributed by atoms with Gasteiger partial charge in [0, 0.05) is 12.1 Å². The largest absolute Gasteiger partial charge is 0.481 e. The average molecular weight is 302 g/mol. The van der Waals surface area contributed by atoms with Crippen LogP contribution in [-0.4, -0.2) is 21.0 Å². The summed E-state index contributed by atoms with van der Waals surface area (Å²) in [5.74, 6) is -2.17. The van der Waals surface area contributed by atoms with Crippen LogP contribution >= 0.6 is 11.6 Å². The minimum atomic E-state index is -0.947. The van der Waals surface area contributed by atoms with Crippen molar-refractivity contribution in [2.24, 2.45) is 5.92 Å². The summed E-state index contributed by atoms with van der Waals surface area (Å²) in [4.78, 5) is 19.3. The van der Waals surface area contributed by atoms with E-state index in [0.29, 0.717) is 16.8 Å². The van der Waals surface area contributed by atoms with E-state index < -0.39 is 17.8 Å². The van der Waals surface area contributed by atoms with Gasteiger partial charge in [0.2, 0.25) is 5.28 Å². The zero-order chi connectivity index (χ0) is 15.4. The van der Waals surface area contributed by atoms with Crippen LogP contribution in [-0.2, 0) is 4.79 Å². The van der Waals surface area contributed by atoms with Gasteiger partial charge in [0.05, 0.1) is 23.2 Å². The second-order valence-corrected chi connectivity index (χ2v) is 4.93. The molecule has 0 spiro atoms. The Morgan fingerprint density at radius 3 is 2.81 bits per heavy atom. The molecule has 0 aliphatic heterocycles. The number of halogens is 1. The Labute approximate surface area is 126 Å². The van der Waals surface area contributed by atoms with Gasteiger partial charge in [0.15, 0.2) is 0 Å². The topological polar surface area (TPSA) is 86.9 Å². The predicted octanol–water partition coefficient (Wildman–Crippen LogP) is 2.85. The van der Waals surface area contributed by atoms with Crippen LogP contribution in [0, 0.1) is 17.2 Å². The van der Waals surface area contributed by atoms with Crippen molar-refractivity contribution in [3.05, 3.63) is 58.6 Å². The highest BCUT2D eigenvalue weighted by Gasteiger charge is 2.28. The number of rotatable bonds is 4. The van der Waals surface area contributed by atoms with E-state index in [1.807, 2.05) is 6.07 Å². The smallest absolute Gasteiger partial charge is 0.307 e. The lowest BCUT2D eigenvalue weighted by molar-refractivity contribution is -0.141. The summed E-state index contributed by atoms with van der Waals surface area (Å²) in [6.07, 6.45) is 1.49. The Kier molecular flexibility index (Phi) is 4.51. The zero-order valence-corrected chi connectivity index (χ0v) is 11.9. The number of nitriles is 1. The maximum absolute atomic E-state index is 11.4. The van der Waals surface area contributed by atoms with E-state index in [4.69, 9.17) is 16.9 Å². The SMILES string of the molecule is CC(C(=O)O)C(c1cccc(C#N)c1)c1ccnc(Cl)n1. The molecule has 1 aromatic carbocycles. The average Bonchev–Trinajstić information content (AvgIpc) is 2.47. The Morgan fingerprint density at radius 2 is 2.19 bits per heavy atom. The Morgan fingerprint density at radius 1 is 1.43 bits per heavy atom. The van der Waals surface area contributed by atoms with Gasteiger partial charge in [-0.1, -0.05) is 19.1 Å². The quantitative estimate of drug-likeness (QED) is 0.877. The van der Waals surface area contributed by atoms with Gasteiger partial charge in [-0.2, -0.15) is 5.26 Å². The predicted molar refractivity (Wildman–Crippen MR) is 76.8 cm³/mol. The van der Waals surface area contributed by atoms with Crippen LogP contribution in [0.3, 0.4) is 0 Å². The van der Waals surface area contributed by atoms with Gasteiger partial charge in [0.25, 0.3) is 0 Å². The molecule has 2 unspecified atom stereocenters. The summed E-state index contributed by atoms with van der Waals surface area (Å²) in [5.41, 5.74) is 1.69. The summed E-state index contributed by atoms with van der Waals surface area (Å²) in [6, 6.07) is 10.5. The first-order valence-electron chi connectivity index (χ1n) is 6.24. The maximum Gasteiger partial charge on any atom is 0.307 e. The zero-order valence-electron chi connectivity index (χ0n) is 11.2. The van der Waals surface area contributed by atoms with Crippen molar-refractivity contribution in [2.75, 3.05) is 0 Å². The van der Waals surface area contributed by atoms with Crippen molar-refractivity contribution in [3.8, 4) is 6.07 Å². The minimum absolute atomic E-state index is 0.0616. The highest BCUT2D eigenvalue weighted by atomic mass is 35.5. The van der Waals surface area contributed by atoms with Gasteiger partial charge in [-0.15, -0.1) is 0 Å². The molecule has 2 atom stereocenters. The molecule has 1 N–H and O–H groups in total. The first kappa shape index (κ1) is 14.9. The highest BCUT2D eigenvalue weighted by molar-refractivity contribution is 6.28. The number of aliphatic carboxylic acids is 1. The van der Waals surface area contributed by atoms with Crippen LogP contribution in [0.15, 0.2) is 36.5 Å². The molecule has 6 heteroatoms. The lowest BCUT2D eigenvalue weighted by Crippen LogP contribution is -2.21. The molecule has 2 aromatic rings. The van der Waals surface area contributed by atoms with E-state index in [0.717, 1.165) is 0 Å². The lowest BCUT2D eigenvalue weighted by Gasteiger charge is -2.21. The molecular formula is C15H12ClN3O2. The fourth-order valence-corrected chi connectivity index (χ4v) is 2.33. The minimum Gasteiger partial charge on any atom is -0.481 e. The first-order chi connectivity index (χ1) is 10.0. The van der Waals surface area contributed by atoms with E-state index in [9.17, 15) is 9.90 Å². The van der Waals surface area contributed by atoms with Crippen LogP contribution in [0.1, 0.15) is 29.7 Å². The molecule has 0 amide bonds. The van der Waals surface area contributed by atoms with Gasteiger partial charge in [0.1, 0.15) is 0 Å². The molecular weight excluding hydrogens is 290 g/mol. The fourth-order valence-electron chi connectivity index (χ4n) is 2.18. The van der Waals surface area contributed by atoms with Crippen molar-refractivity contribution >= 4 is 17.6 Å². The molecule has 21 heavy (non-hydrogen) atoms. The molecule has 0 saturated heterocycles. The van der Waals surface area contributed by atoms with Gasteiger partial charge in [-0.3, -0.25) is 4.79 Å². The summed E-state index contributed by atoms with van der Waals surface area (Å²) in [7, 11) is 0. The third kappa shape index (κ3) is 3.36. The van der Waals surface area contributed by atoms with Crippen molar-refractivity contribution in [1.82, 2.24) is 9.97 Å². The van der Waals surface area contributed by atoms with Crippen LogP contribution in [0.2, 0.25) is 5.28 Å². The molecule has 0 aliphatic carbocycles. The number of hydrogen-bond acceptors (Lipinski definition) is 4. The Balaban J connectivity index is 2.55. The molecule has 0 bridgehead atoms. The van der Waals surface area contributed by atoms with Gasteiger partial charge >= 0.3 is 5.97 Å². The van der Waals surface area contributed by atoms with Gasteiger partial charge in [-0.25, -0.2) is 9.97 Å². The number of nitrogens with zero attached hydrogens (tertiary/aromatic N) is 3. The third-order valence-corrected chi connectivity index (χ3v) is 3.41. The van der Waals surface area contributed by atoms with Crippen molar-refractivity contribution in [2.45, 2.75) is 12.8 Å². The van der Waals surface area contributed by atoms with Crippen LogP contribution < -0.4 is 0 Å². The number of aromatic nitrogens is 2. The van der Waals surface area contributed by atoms with Gasteiger partial charge in [-0.05, 0) is 35.4 Å². The normalized spacial score (nSPS) is 13.2. The Hall–Kier alpha value is -2.45. The van der Waals surface area contributed by atoms with Crippen molar-refractivity contribution < 1.29 is 9.90 Å². The van der Waals surface area contributed by atoms with E-state index in [-0.39, 0.29) is 5.28 Å². The van der Waals surface area contributed by atoms with Crippen molar-refractivity contribution in [1.29, 1.82) is 5.26 Å². The molecule has 0 saturated carbocycles. The molecule has 5 nitrogen and oxygen atoms in total. The molecule has 1 aromatic heterocycles. The summed E-state index contributed by atoms with van der Waals surface area (Å²) in [6.45, 7) is 1.60. The lowest BCUT2D eigenvalue weighted by atomic mass is 9.84. The second-order valence-electron chi connectivity index (χ2n) is 4.59. The summed E-state index contributed by atoms with van der Waals surface area (Å²) in [5, 5.41) is 18.4. The van der Waals surface area contributed by atoms with Crippen LogP contribution in [0.25, 0.3) is 0 Å². The van der Waals surface area contributed by atoms with Gasteiger partial charge < -0.3 is 5.11 Å². The molecule has 2 rings (SSSR count). The van der Waals surface area contributed by atoms with E-state index >= 15 is 0 Å². The van der Waals surface area contributed by atoms with E-state index in [1.165, 1.54) is 6.20 Å². The van der Waals surface area contributed by atoms with Crippen molar-refractivity contribution in [3.63, 3.8) is 0 Å². The summed E-state index contributed by atoms with van der Waals surface area (Å²) < 4.78 is 0. The summed E-state index contributed by atoms with van der Waals surface area (Å²) >= 11 is 5.80. The number of carboxylic acids is 1.